The van der Waals surface area contributed by atoms with Crippen LogP contribution in [0.25, 0.3) is 11.0 Å². The Morgan fingerprint density at radius 1 is 0.933 bits per heavy atom. The number of para-hydroxylation sites is 1. The maximum absolute atomic E-state index is 12.9. The van der Waals surface area contributed by atoms with Crippen molar-refractivity contribution in [3.8, 4) is 0 Å². The van der Waals surface area contributed by atoms with E-state index in [4.69, 9.17) is 10.2 Å². The molecule has 4 N–H and O–H groups in total. The van der Waals surface area contributed by atoms with E-state index in [-0.39, 0.29) is 11.7 Å². The van der Waals surface area contributed by atoms with Crippen molar-refractivity contribution < 1.29 is 14.0 Å². The summed E-state index contributed by atoms with van der Waals surface area (Å²) in [6.45, 7) is 0. The number of primary amides is 1. The maximum atomic E-state index is 12.9. The number of aromatic nitrogens is 2. The Morgan fingerprint density at radius 3 is 2.30 bits per heavy atom. The van der Waals surface area contributed by atoms with Gasteiger partial charge in [0.05, 0.1) is 0 Å². The minimum Gasteiger partial charge on any atom is -0.451 e. The smallest absolute Gasteiger partial charge is 0.316 e. The Labute approximate surface area is 175 Å². The standard InChI is InChI=1S/C21H17N5O3S/c22-20(28)26-14-8-6-13(7-9-14)25-19(27)18-16(12-30-21-23-10-3-11-24-21)15-4-1-2-5-17(15)29-18/h1-11H,12H2,(H,25,27)(H3,22,26,28). The fraction of sp³-hybridized carbons (Fsp3) is 0.0476. The summed E-state index contributed by atoms with van der Waals surface area (Å²) in [4.78, 5) is 32.3. The molecule has 0 bridgehead atoms. The highest BCUT2D eigenvalue weighted by molar-refractivity contribution is 7.98. The summed E-state index contributed by atoms with van der Waals surface area (Å²) in [7, 11) is 0. The number of furan rings is 1. The van der Waals surface area contributed by atoms with E-state index in [1.54, 1.807) is 42.7 Å². The van der Waals surface area contributed by atoms with Gasteiger partial charge in [0.15, 0.2) is 10.9 Å². The number of carbonyl (C=O) groups is 2. The van der Waals surface area contributed by atoms with E-state index in [2.05, 4.69) is 20.6 Å². The van der Waals surface area contributed by atoms with Gasteiger partial charge in [-0.15, -0.1) is 0 Å². The van der Waals surface area contributed by atoms with Crippen LogP contribution in [0.4, 0.5) is 16.2 Å². The minimum absolute atomic E-state index is 0.235. The van der Waals surface area contributed by atoms with Gasteiger partial charge in [-0.05, 0) is 36.4 Å². The van der Waals surface area contributed by atoms with Crippen molar-refractivity contribution in [2.24, 2.45) is 5.73 Å². The molecule has 150 valence electrons. The highest BCUT2D eigenvalue weighted by atomic mass is 32.2. The first-order chi connectivity index (χ1) is 14.6. The van der Waals surface area contributed by atoms with E-state index >= 15 is 0 Å². The Balaban J connectivity index is 1.57. The molecule has 3 amide bonds. The lowest BCUT2D eigenvalue weighted by molar-refractivity contribution is 0.0998. The van der Waals surface area contributed by atoms with Crippen molar-refractivity contribution >= 4 is 46.0 Å². The number of fused-ring (bicyclic) bond motifs is 1. The zero-order valence-electron chi connectivity index (χ0n) is 15.7. The number of hydrogen-bond acceptors (Lipinski definition) is 6. The number of anilines is 2. The van der Waals surface area contributed by atoms with Crippen LogP contribution < -0.4 is 16.4 Å². The summed E-state index contributed by atoms with van der Waals surface area (Å²) in [5.41, 5.74) is 7.59. The van der Waals surface area contributed by atoms with Gasteiger partial charge in [0, 0.05) is 40.5 Å². The van der Waals surface area contributed by atoms with Crippen molar-refractivity contribution in [2.45, 2.75) is 10.9 Å². The van der Waals surface area contributed by atoms with Gasteiger partial charge < -0.3 is 20.8 Å². The topological polar surface area (TPSA) is 123 Å². The summed E-state index contributed by atoms with van der Waals surface area (Å²) in [6, 6.07) is 15.2. The first-order valence-corrected chi connectivity index (χ1v) is 9.97. The Kier molecular flexibility index (Phi) is 5.62. The SMILES string of the molecule is NC(=O)Nc1ccc(NC(=O)c2oc3ccccc3c2CSc2ncccn2)cc1. The zero-order chi connectivity index (χ0) is 20.9. The molecular formula is C21H17N5O3S. The number of nitrogens with zero attached hydrogens (tertiary/aromatic N) is 2. The molecule has 0 aliphatic carbocycles. The molecule has 9 heteroatoms. The lowest BCUT2D eigenvalue weighted by Gasteiger charge is -2.07. The van der Waals surface area contributed by atoms with Gasteiger partial charge in [-0.25, -0.2) is 14.8 Å². The van der Waals surface area contributed by atoms with Gasteiger partial charge in [-0.2, -0.15) is 0 Å². The van der Waals surface area contributed by atoms with E-state index in [1.807, 2.05) is 24.3 Å². The highest BCUT2D eigenvalue weighted by Gasteiger charge is 2.21. The van der Waals surface area contributed by atoms with Gasteiger partial charge in [-0.3, -0.25) is 4.79 Å². The average molecular weight is 419 g/mol. The molecule has 0 aliphatic heterocycles. The molecule has 0 spiro atoms. The van der Waals surface area contributed by atoms with E-state index in [9.17, 15) is 9.59 Å². The molecule has 0 unspecified atom stereocenters. The van der Waals surface area contributed by atoms with Gasteiger partial charge in [0.1, 0.15) is 5.58 Å². The van der Waals surface area contributed by atoms with Crippen LogP contribution in [0.3, 0.4) is 0 Å². The van der Waals surface area contributed by atoms with Gasteiger partial charge in [0.25, 0.3) is 5.91 Å². The van der Waals surface area contributed by atoms with E-state index in [0.717, 1.165) is 10.9 Å². The second kappa shape index (κ2) is 8.66. The molecule has 0 radical (unpaired) electrons. The molecule has 2 aromatic heterocycles. The predicted molar refractivity (Wildman–Crippen MR) is 115 cm³/mol. The predicted octanol–water partition coefficient (Wildman–Crippen LogP) is 4.26. The number of thioether (sulfide) groups is 1. The van der Waals surface area contributed by atoms with Crippen LogP contribution >= 0.6 is 11.8 Å². The van der Waals surface area contributed by atoms with Crippen molar-refractivity contribution in [3.05, 3.63) is 78.3 Å². The van der Waals surface area contributed by atoms with Crippen LogP contribution in [-0.4, -0.2) is 21.9 Å². The lowest BCUT2D eigenvalue weighted by Crippen LogP contribution is -2.19. The summed E-state index contributed by atoms with van der Waals surface area (Å²) in [5, 5.41) is 6.78. The minimum atomic E-state index is -0.654. The molecule has 0 atom stereocenters. The molecular weight excluding hydrogens is 402 g/mol. The van der Waals surface area contributed by atoms with Crippen LogP contribution in [0.5, 0.6) is 0 Å². The molecule has 0 aliphatic rings. The normalized spacial score (nSPS) is 10.7. The Hall–Kier alpha value is -3.85. The molecule has 0 saturated carbocycles. The summed E-state index contributed by atoms with van der Waals surface area (Å²) >= 11 is 1.42. The van der Waals surface area contributed by atoms with Crippen LogP contribution in [0, 0.1) is 0 Å². The fourth-order valence-electron chi connectivity index (χ4n) is 2.89. The number of nitrogens with two attached hydrogens (primary N) is 1. The molecule has 0 saturated heterocycles. The van der Waals surface area contributed by atoms with Crippen molar-refractivity contribution in [1.82, 2.24) is 9.97 Å². The number of hydrogen-bond donors (Lipinski definition) is 3. The van der Waals surface area contributed by atoms with Crippen molar-refractivity contribution in [1.29, 1.82) is 0 Å². The number of amides is 3. The van der Waals surface area contributed by atoms with Crippen molar-refractivity contribution in [3.63, 3.8) is 0 Å². The van der Waals surface area contributed by atoms with E-state index in [0.29, 0.717) is 27.9 Å². The summed E-state index contributed by atoms with van der Waals surface area (Å²) < 4.78 is 5.86. The zero-order valence-corrected chi connectivity index (χ0v) is 16.5. The summed E-state index contributed by atoms with van der Waals surface area (Å²) in [6.07, 6.45) is 3.35. The van der Waals surface area contributed by atoms with Crippen LogP contribution in [0.1, 0.15) is 16.1 Å². The van der Waals surface area contributed by atoms with Crippen LogP contribution in [-0.2, 0) is 5.75 Å². The third-order valence-electron chi connectivity index (χ3n) is 4.20. The highest BCUT2D eigenvalue weighted by Crippen LogP contribution is 2.31. The number of urea groups is 1. The molecule has 4 rings (SSSR count). The Morgan fingerprint density at radius 2 is 1.60 bits per heavy atom. The molecule has 30 heavy (non-hydrogen) atoms. The third kappa shape index (κ3) is 4.41. The summed E-state index contributed by atoms with van der Waals surface area (Å²) in [5.74, 6) is 0.344. The molecule has 8 nitrogen and oxygen atoms in total. The first kappa shape index (κ1) is 19.5. The van der Waals surface area contributed by atoms with Crippen molar-refractivity contribution in [2.75, 3.05) is 10.6 Å². The molecule has 4 aromatic rings. The second-order valence-electron chi connectivity index (χ2n) is 6.25. The average Bonchev–Trinajstić information content (AvgIpc) is 3.13. The van der Waals surface area contributed by atoms with Gasteiger partial charge in [-0.1, -0.05) is 30.0 Å². The van der Waals surface area contributed by atoms with E-state index in [1.165, 1.54) is 11.8 Å². The second-order valence-corrected chi connectivity index (χ2v) is 7.19. The number of nitrogens with one attached hydrogen (secondary N) is 2. The maximum Gasteiger partial charge on any atom is 0.316 e. The lowest BCUT2D eigenvalue weighted by atomic mass is 10.1. The van der Waals surface area contributed by atoms with E-state index < -0.39 is 6.03 Å². The Bertz CT molecular complexity index is 1190. The number of rotatable bonds is 6. The monoisotopic (exact) mass is 419 g/mol. The molecule has 0 fully saturated rings. The van der Waals surface area contributed by atoms with Gasteiger partial charge in [0.2, 0.25) is 0 Å². The first-order valence-electron chi connectivity index (χ1n) is 8.98. The number of carbonyl (C=O) groups excluding carboxylic acids is 2. The largest absolute Gasteiger partial charge is 0.451 e. The quantitative estimate of drug-likeness (QED) is 0.317. The third-order valence-corrected chi connectivity index (χ3v) is 5.10. The van der Waals surface area contributed by atoms with Crippen LogP contribution in [0.2, 0.25) is 0 Å². The number of benzene rings is 2. The van der Waals surface area contributed by atoms with Gasteiger partial charge >= 0.3 is 6.03 Å². The van der Waals surface area contributed by atoms with Crippen LogP contribution in [0.15, 0.2) is 76.6 Å². The fourth-order valence-corrected chi connectivity index (χ4v) is 3.72. The molecule has 2 aromatic carbocycles. The molecule has 2 heterocycles.